The first-order valence-electron chi connectivity index (χ1n) is 8.82. The number of anilines is 1. The molecular formula is C18H26N4O2. The van der Waals surface area contributed by atoms with Crippen LogP contribution in [0.25, 0.3) is 0 Å². The fourth-order valence-electron chi connectivity index (χ4n) is 2.65. The summed E-state index contributed by atoms with van der Waals surface area (Å²) in [5.74, 6) is 2.57. The molecule has 6 nitrogen and oxygen atoms in total. The van der Waals surface area contributed by atoms with Crippen molar-refractivity contribution in [1.29, 1.82) is 0 Å². The fraction of sp³-hybridized carbons (Fsp3) is 0.556. The average Bonchev–Trinajstić information content (AvgIpc) is 3.40. The van der Waals surface area contributed by atoms with Gasteiger partial charge in [-0.1, -0.05) is 0 Å². The van der Waals surface area contributed by atoms with Gasteiger partial charge in [0.1, 0.15) is 12.4 Å². The summed E-state index contributed by atoms with van der Waals surface area (Å²) in [6, 6.07) is 5.83. The van der Waals surface area contributed by atoms with Crippen LogP contribution in [0, 0.1) is 5.92 Å². The van der Waals surface area contributed by atoms with Crippen LogP contribution < -0.4 is 20.7 Å². The number of rotatable bonds is 7. The van der Waals surface area contributed by atoms with Gasteiger partial charge in [-0.25, -0.2) is 0 Å². The lowest BCUT2D eigenvalue weighted by Crippen LogP contribution is -2.39. The molecule has 1 aromatic carbocycles. The number of ether oxygens (including phenoxy) is 1. The Morgan fingerprint density at radius 2 is 2.21 bits per heavy atom. The maximum atomic E-state index is 11.4. The minimum atomic E-state index is 0.0850. The lowest BCUT2D eigenvalue weighted by atomic mass is 10.0. The number of benzene rings is 1. The summed E-state index contributed by atoms with van der Waals surface area (Å²) in [7, 11) is 0. The lowest BCUT2D eigenvalue weighted by Gasteiger charge is -2.18. The van der Waals surface area contributed by atoms with Crippen molar-refractivity contribution in [3.63, 3.8) is 0 Å². The minimum Gasteiger partial charge on any atom is -0.492 e. The van der Waals surface area contributed by atoms with E-state index in [4.69, 9.17) is 4.74 Å². The number of nitrogens with one attached hydrogen (secondary N) is 3. The Hall–Kier alpha value is -2.24. The van der Waals surface area contributed by atoms with E-state index in [0.717, 1.165) is 48.4 Å². The van der Waals surface area contributed by atoms with E-state index in [1.807, 2.05) is 18.2 Å². The third-order valence-corrected chi connectivity index (χ3v) is 4.18. The zero-order chi connectivity index (χ0) is 16.8. The van der Waals surface area contributed by atoms with Gasteiger partial charge in [0.05, 0.1) is 6.54 Å². The van der Waals surface area contributed by atoms with Gasteiger partial charge in [0.15, 0.2) is 5.96 Å². The van der Waals surface area contributed by atoms with Gasteiger partial charge in [0, 0.05) is 25.2 Å². The van der Waals surface area contributed by atoms with E-state index >= 15 is 0 Å². The summed E-state index contributed by atoms with van der Waals surface area (Å²) in [5.41, 5.74) is 2.04. The van der Waals surface area contributed by atoms with Crippen molar-refractivity contribution < 1.29 is 9.53 Å². The fourth-order valence-corrected chi connectivity index (χ4v) is 2.65. The molecule has 2 aliphatic rings. The Morgan fingerprint density at radius 3 is 3.00 bits per heavy atom. The van der Waals surface area contributed by atoms with Gasteiger partial charge in [-0.05, 0) is 55.9 Å². The van der Waals surface area contributed by atoms with Crippen LogP contribution in [0.3, 0.4) is 0 Å². The molecule has 0 unspecified atom stereocenters. The predicted octanol–water partition coefficient (Wildman–Crippen LogP) is 1.92. The molecule has 0 atom stereocenters. The van der Waals surface area contributed by atoms with Gasteiger partial charge in [-0.3, -0.25) is 9.79 Å². The van der Waals surface area contributed by atoms with Crippen molar-refractivity contribution in [2.45, 2.75) is 32.6 Å². The molecule has 6 heteroatoms. The van der Waals surface area contributed by atoms with E-state index in [2.05, 4.69) is 27.9 Å². The van der Waals surface area contributed by atoms with Crippen LogP contribution in [0.15, 0.2) is 23.2 Å². The van der Waals surface area contributed by atoms with Crippen molar-refractivity contribution in [2.75, 3.05) is 31.6 Å². The second-order valence-electron chi connectivity index (χ2n) is 6.31. The summed E-state index contributed by atoms with van der Waals surface area (Å²) in [6.07, 6.45) is 3.94. The van der Waals surface area contributed by atoms with Crippen molar-refractivity contribution in [3.05, 3.63) is 23.8 Å². The second kappa shape index (κ2) is 8.04. The monoisotopic (exact) mass is 330 g/mol. The molecule has 1 heterocycles. The molecule has 1 saturated carbocycles. The number of fused-ring (bicyclic) bond motifs is 1. The van der Waals surface area contributed by atoms with Crippen LogP contribution in [-0.2, 0) is 11.2 Å². The van der Waals surface area contributed by atoms with Gasteiger partial charge in [-0.15, -0.1) is 0 Å². The topological polar surface area (TPSA) is 74.8 Å². The normalized spacial score (nSPS) is 17.0. The molecular weight excluding hydrogens is 304 g/mol. The largest absolute Gasteiger partial charge is 0.492 e. The zero-order valence-corrected chi connectivity index (χ0v) is 14.2. The highest BCUT2D eigenvalue weighted by Crippen LogP contribution is 2.28. The highest BCUT2D eigenvalue weighted by Gasteiger charge is 2.20. The van der Waals surface area contributed by atoms with E-state index in [0.29, 0.717) is 19.6 Å². The number of aliphatic imine (C=N–C) groups is 1. The molecule has 0 aromatic heterocycles. The van der Waals surface area contributed by atoms with Gasteiger partial charge in [0.2, 0.25) is 5.91 Å². The molecule has 0 saturated heterocycles. The number of hydrogen-bond donors (Lipinski definition) is 3. The number of nitrogens with zero attached hydrogens (tertiary/aromatic N) is 1. The first kappa shape index (κ1) is 16.6. The van der Waals surface area contributed by atoms with Crippen molar-refractivity contribution in [2.24, 2.45) is 10.9 Å². The third kappa shape index (κ3) is 4.88. The number of amides is 1. The van der Waals surface area contributed by atoms with Gasteiger partial charge >= 0.3 is 0 Å². The Balaban J connectivity index is 1.43. The molecule has 24 heavy (non-hydrogen) atoms. The van der Waals surface area contributed by atoms with Crippen molar-refractivity contribution in [3.8, 4) is 5.75 Å². The molecule has 0 bridgehead atoms. The molecule has 1 fully saturated rings. The van der Waals surface area contributed by atoms with Crippen LogP contribution in [0.1, 0.15) is 31.7 Å². The highest BCUT2D eigenvalue weighted by molar-refractivity contribution is 5.94. The third-order valence-electron chi connectivity index (χ3n) is 4.18. The molecule has 0 spiro atoms. The first-order chi connectivity index (χ1) is 11.7. The zero-order valence-electron chi connectivity index (χ0n) is 14.2. The van der Waals surface area contributed by atoms with Gasteiger partial charge in [-0.2, -0.15) is 0 Å². The number of carbonyl (C=O) groups excluding carboxylic acids is 1. The number of hydrogen-bond acceptors (Lipinski definition) is 3. The standard InChI is InChI=1S/C18H26N4O2/c1-2-19-18(21-12-13-3-4-13)20-9-10-24-15-6-7-16-14(11-15)5-8-17(23)22-16/h6-7,11,13H,2-5,8-10,12H2,1H3,(H,22,23)(H2,19,20,21). The van der Waals surface area contributed by atoms with Crippen LogP contribution in [0.4, 0.5) is 5.69 Å². The Bertz CT molecular complexity index is 611. The van der Waals surface area contributed by atoms with Crippen molar-refractivity contribution in [1.82, 2.24) is 10.6 Å². The second-order valence-corrected chi connectivity index (χ2v) is 6.31. The Morgan fingerprint density at radius 1 is 1.33 bits per heavy atom. The molecule has 1 aliphatic heterocycles. The maximum Gasteiger partial charge on any atom is 0.224 e. The van der Waals surface area contributed by atoms with E-state index < -0.39 is 0 Å². The molecule has 130 valence electrons. The average molecular weight is 330 g/mol. The van der Waals surface area contributed by atoms with Crippen LogP contribution in [0.5, 0.6) is 5.75 Å². The molecule has 1 aromatic rings. The van der Waals surface area contributed by atoms with Crippen LogP contribution >= 0.6 is 0 Å². The Kier molecular flexibility index (Phi) is 5.56. The number of aryl methyl sites for hydroxylation is 1. The van der Waals surface area contributed by atoms with E-state index in [1.54, 1.807) is 0 Å². The van der Waals surface area contributed by atoms with Crippen LogP contribution in [-0.4, -0.2) is 38.1 Å². The molecule has 0 radical (unpaired) electrons. The molecule has 1 aliphatic carbocycles. The quantitative estimate of drug-likeness (QED) is 0.406. The maximum absolute atomic E-state index is 11.4. The molecule has 1 amide bonds. The number of guanidine groups is 1. The van der Waals surface area contributed by atoms with Crippen molar-refractivity contribution >= 4 is 17.6 Å². The summed E-state index contributed by atoms with van der Waals surface area (Å²) < 4.78 is 5.81. The minimum absolute atomic E-state index is 0.0850. The number of carbonyl (C=O) groups is 1. The van der Waals surface area contributed by atoms with E-state index in [1.165, 1.54) is 12.8 Å². The predicted molar refractivity (Wildman–Crippen MR) is 95.6 cm³/mol. The van der Waals surface area contributed by atoms with Gasteiger partial charge in [0.25, 0.3) is 0 Å². The van der Waals surface area contributed by atoms with E-state index in [-0.39, 0.29) is 5.91 Å². The van der Waals surface area contributed by atoms with E-state index in [9.17, 15) is 4.79 Å². The summed E-state index contributed by atoms with van der Waals surface area (Å²) in [5, 5.41) is 9.43. The van der Waals surface area contributed by atoms with Crippen LogP contribution in [0.2, 0.25) is 0 Å². The van der Waals surface area contributed by atoms with Gasteiger partial charge < -0.3 is 20.7 Å². The molecule has 3 rings (SSSR count). The Labute approximate surface area is 143 Å². The summed E-state index contributed by atoms with van der Waals surface area (Å²) in [4.78, 5) is 16.0. The first-order valence-corrected chi connectivity index (χ1v) is 8.82. The highest BCUT2D eigenvalue weighted by atomic mass is 16.5. The summed E-state index contributed by atoms with van der Waals surface area (Å²) >= 11 is 0. The smallest absolute Gasteiger partial charge is 0.224 e. The summed E-state index contributed by atoms with van der Waals surface area (Å²) in [6.45, 7) is 5.10. The molecule has 3 N–H and O–H groups in total. The lowest BCUT2D eigenvalue weighted by molar-refractivity contribution is -0.116. The SMILES string of the molecule is CCNC(=NCC1CC1)NCCOc1ccc2c(c1)CCC(=O)N2.